The third-order valence-electron chi connectivity index (χ3n) is 3.47. The minimum Gasteiger partial charge on any atom is -0.370 e. The minimum atomic E-state index is -0.661. The number of guanidine groups is 2. The Hall–Kier alpha value is -2.20. The largest absolute Gasteiger partial charge is 0.370 e. The molecule has 0 radical (unpaired) electrons. The first-order valence-corrected chi connectivity index (χ1v) is 7.90. The van der Waals surface area contributed by atoms with Gasteiger partial charge in [-0.3, -0.25) is 20.4 Å². The molecule has 0 aliphatic carbocycles. The highest BCUT2D eigenvalue weighted by molar-refractivity contribution is 5.87. The predicted molar refractivity (Wildman–Crippen MR) is 93.7 cm³/mol. The van der Waals surface area contributed by atoms with E-state index < -0.39 is 12.1 Å². The molecule has 0 aromatic rings. The number of hydrogen-bond acceptors (Lipinski definition) is 6. The van der Waals surface area contributed by atoms with Crippen LogP contribution >= 0.6 is 0 Å². The Kier molecular flexibility index (Phi) is 10.3. The molecule has 0 aliphatic heterocycles. The maximum atomic E-state index is 12.1. The molecule has 0 amide bonds. The van der Waals surface area contributed by atoms with Crippen molar-refractivity contribution in [3.63, 3.8) is 0 Å². The second kappa shape index (κ2) is 11.4. The third kappa shape index (κ3) is 9.06. The Labute approximate surface area is 142 Å². The molecule has 0 heterocycles. The van der Waals surface area contributed by atoms with E-state index in [1.165, 1.54) is 0 Å². The number of nitrogens with one attached hydrogen (secondary N) is 5. The fraction of sp³-hybridized carbons (Fsp3) is 0.714. The lowest BCUT2D eigenvalue weighted by molar-refractivity contribution is -0.123. The molecule has 0 spiro atoms. The number of carbonyl (C=O) groups excluding carboxylic acids is 2. The average molecular weight is 342 g/mol. The minimum absolute atomic E-state index is 0.000760. The summed E-state index contributed by atoms with van der Waals surface area (Å²) in [6.45, 7) is 4.21. The lowest BCUT2D eigenvalue weighted by atomic mass is 9.98. The standard InChI is InChI=1S/C14H30N8O2/c1-3-11(23)10(16)7-22-14(19)21-6-8(2)12(24)9(15)4-5-20-13(17)18/h8-10H,3-7,15-16H2,1-2H3,(H4,17,18,20)(H3,19,21,22)/t8?,9-,10-/m1/s1. The molecular weight excluding hydrogens is 312 g/mol. The Bertz CT molecular complexity index is 454. The highest BCUT2D eigenvalue weighted by atomic mass is 16.1. The van der Waals surface area contributed by atoms with Gasteiger partial charge < -0.3 is 33.2 Å². The second-order valence-electron chi connectivity index (χ2n) is 5.60. The van der Waals surface area contributed by atoms with E-state index in [0.717, 1.165) is 0 Å². The molecule has 1 unspecified atom stereocenters. The average Bonchev–Trinajstić information content (AvgIpc) is 2.55. The zero-order valence-corrected chi connectivity index (χ0v) is 14.3. The molecule has 138 valence electrons. The van der Waals surface area contributed by atoms with Crippen molar-refractivity contribution in [1.29, 1.82) is 10.8 Å². The van der Waals surface area contributed by atoms with Crippen LogP contribution in [0.4, 0.5) is 0 Å². The maximum absolute atomic E-state index is 12.1. The van der Waals surface area contributed by atoms with Gasteiger partial charge in [-0.05, 0) is 6.42 Å². The van der Waals surface area contributed by atoms with Crippen molar-refractivity contribution in [1.82, 2.24) is 16.0 Å². The highest BCUT2D eigenvalue weighted by Crippen LogP contribution is 2.01. The van der Waals surface area contributed by atoms with Crippen molar-refractivity contribution in [2.24, 2.45) is 23.1 Å². The van der Waals surface area contributed by atoms with Gasteiger partial charge in [-0.1, -0.05) is 13.8 Å². The van der Waals surface area contributed by atoms with Crippen LogP contribution in [0.1, 0.15) is 26.7 Å². The molecule has 0 aromatic heterocycles. The molecule has 0 fully saturated rings. The fourth-order valence-electron chi connectivity index (χ4n) is 1.88. The van der Waals surface area contributed by atoms with E-state index in [-0.39, 0.29) is 42.5 Å². The van der Waals surface area contributed by atoms with Crippen molar-refractivity contribution >= 4 is 23.5 Å². The van der Waals surface area contributed by atoms with Gasteiger partial charge in [0.25, 0.3) is 0 Å². The topological polar surface area (TPSA) is 196 Å². The summed E-state index contributed by atoms with van der Waals surface area (Å²) in [5, 5.41) is 22.8. The van der Waals surface area contributed by atoms with Crippen LogP contribution in [-0.2, 0) is 9.59 Å². The van der Waals surface area contributed by atoms with Crippen LogP contribution in [0.25, 0.3) is 0 Å². The molecule has 0 aliphatic rings. The quantitative estimate of drug-likeness (QED) is 0.153. The van der Waals surface area contributed by atoms with Gasteiger partial charge in [-0.2, -0.15) is 0 Å². The summed E-state index contributed by atoms with van der Waals surface area (Å²) < 4.78 is 0. The molecule has 0 bridgehead atoms. The first-order chi connectivity index (χ1) is 11.2. The lowest BCUT2D eigenvalue weighted by Gasteiger charge is -2.19. The molecule has 10 nitrogen and oxygen atoms in total. The van der Waals surface area contributed by atoms with Gasteiger partial charge in [0.2, 0.25) is 0 Å². The fourth-order valence-corrected chi connectivity index (χ4v) is 1.88. The van der Waals surface area contributed by atoms with Crippen molar-refractivity contribution in [2.45, 2.75) is 38.8 Å². The molecule has 24 heavy (non-hydrogen) atoms. The van der Waals surface area contributed by atoms with E-state index in [4.69, 9.17) is 28.0 Å². The van der Waals surface area contributed by atoms with Crippen molar-refractivity contribution in [3.8, 4) is 0 Å². The highest BCUT2D eigenvalue weighted by Gasteiger charge is 2.20. The van der Waals surface area contributed by atoms with E-state index in [1.807, 2.05) is 0 Å². The summed E-state index contributed by atoms with van der Waals surface area (Å²) in [5.41, 5.74) is 16.6. The number of hydrogen-bond donors (Lipinski definition) is 8. The number of nitrogens with two attached hydrogens (primary N) is 3. The normalized spacial score (nSPS) is 14.2. The van der Waals surface area contributed by atoms with Crippen LogP contribution in [-0.4, -0.2) is 55.2 Å². The first kappa shape index (κ1) is 21.8. The van der Waals surface area contributed by atoms with Gasteiger partial charge in [-0.25, -0.2) is 0 Å². The summed E-state index contributed by atoms with van der Waals surface area (Å²) in [6.07, 6.45) is 0.720. The van der Waals surface area contributed by atoms with Crippen molar-refractivity contribution < 1.29 is 9.59 Å². The predicted octanol–water partition coefficient (Wildman–Crippen LogP) is -2.19. The van der Waals surface area contributed by atoms with Gasteiger partial charge in [0, 0.05) is 32.0 Å². The van der Waals surface area contributed by atoms with Gasteiger partial charge in [0.05, 0.1) is 12.1 Å². The monoisotopic (exact) mass is 342 g/mol. The Morgan fingerprint density at radius 3 is 2.17 bits per heavy atom. The summed E-state index contributed by atoms with van der Waals surface area (Å²) in [5.74, 6) is -0.766. The first-order valence-electron chi connectivity index (χ1n) is 7.90. The molecule has 0 rings (SSSR count). The van der Waals surface area contributed by atoms with Crippen LogP contribution in [0.5, 0.6) is 0 Å². The Morgan fingerprint density at radius 1 is 1.04 bits per heavy atom. The van der Waals surface area contributed by atoms with Gasteiger partial charge in [0.15, 0.2) is 23.5 Å². The molecular formula is C14H30N8O2. The van der Waals surface area contributed by atoms with Crippen LogP contribution in [0.2, 0.25) is 0 Å². The van der Waals surface area contributed by atoms with E-state index in [2.05, 4.69) is 16.0 Å². The van der Waals surface area contributed by atoms with E-state index in [9.17, 15) is 9.59 Å². The van der Waals surface area contributed by atoms with Crippen molar-refractivity contribution in [2.75, 3.05) is 19.6 Å². The molecule has 10 heteroatoms. The summed E-state index contributed by atoms with van der Waals surface area (Å²) in [7, 11) is 0. The van der Waals surface area contributed by atoms with E-state index in [0.29, 0.717) is 19.4 Å². The van der Waals surface area contributed by atoms with Gasteiger partial charge in [0.1, 0.15) is 0 Å². The number of Topliss-reactive ketones (excluding diaryl/α,β-unsaturated/α-hetero) is 2. The number of rotatable bonds is 11. The smallest absolute Gasteiger partial charge is 0.188 e. The van der Waals surface area contributed by atoms with Crippen LogP contribution in [0, 0.1) is 16.7 Å². The lowest BCUT2D eigenvalue weighted by Crippen LogP contribution is -2.48. The van der Waals surface area contributed by atoms with Crippen LogP contribution < -0.4 is 33.2 Å². The molecule has 3 atom stereocenters. The molecule has 11 N–H and O–H groups in total. The third-order valence-corrected chi connectivity index (χ3v) is 3.47. The summed E-state index contributed by atoms with van der Waals surface area (Å²) >= 11 is 0. The van der Waals surface area contributed by atoms with Crippen LogP contribution in [0.15, 0.2) is 0 Å². The van der Waals surface area contributed by atoms with Crippen LogP contribution in [0.3, 0.4) is 0 Å². The van der Waals surface area contributed by atoms with E-state index in [1.54, 1.807) is 13.8 Å². The summed E-state index contributed by atoms with van der Waals surface area (Å²) in [6, 6.07) is -1.32. The molecule has 0 saturated heterocycles. The number of carbonyl (C=O) groups is 2. The van der Waals surface area contributed by atoms with Gasteiger partial charge >= 0.3 is 0 Å². The van der Waals surface area contributed by atoms with Gasteiger partial charge in [-0.15, -0.1) is 0 Å². The number of ketones is 2. The van der Waals surface area contributed by atoms with Crippen molar-refractivity contribution in [3.05, 3.63) is 0 Å². The SMILES string of the molecule is CCC(=O)[C@H](N)CNC(=N)NCC(C)C(=O)[C@H](N)CCNC(=N)N. The molecule has 0 aromatic carbocycles. The molecule has 0 saturated carbocycles. The Balaban J connectivity index is 4.07. The summed E-state index contributed by atoms with van der Waals surface area (Å²) in [4.78, 5) is 23.4. The second-order valence-corrected chi connectivity index (χ2v) is 5.60. The maximum Gasteiger partial charge on any atom is 0.188 e. The Morgan fingerprint density at radius 2 is 1.62 bits per heavy atom. The zero-order valence-electron chi connectivity index (χ0n) is 14.3. The zero-order chi connectivity index (χ0) is 18.7. The van der Waals surface area contributed by atoms with E-state index >= 15 is 0 Å².